The standard InChI is InChI=1S/C24H26N2O4/c1-13-15(3)25-20(21(13)16(4)27)11-19-14(2)22(17(5)28)23(26-19)24(29)30-12-18-9-7-6-8-10-18/h6-10,25-26H,11-12H2,1-5H3. The molecular weight excluding hydrogens is 380 g/mol. The van der Waals surface area contributed by atoms with Gasteiger partial charge in [0.05, 0.1) is 5.56 Å². The Morgan fingerprint density at radius 1 is 0.833 bits per heavy atom. The highest BCUT2D eigenvalue weighted by Crippen LogP contribution is 2.26. The minimum absolute atomic E-state index is 0.0228. The quantitative estimate of drug-likeness (QED) is 0.442. The first kappa shape index (κ1) is 21.3. The van der Waals surface area contributed by atoms with Crippen LogP contribution in [0.5, 0.6) is 0 Å². The summed E-state index contributed by atoms with van der Waals surface area (Å²) < 4.78 is 5.42. The minimum Gasteiger partial charge on any atom is -0.456 e. The number of Topliss-reactive ketones (excluding diaryl/α,β-unsaturated/α-hetero) is 2. The van der Waals surface area contributed by atoms with E-state index in [-0.39, 0.29) is 23.9 Å². The second-order valence-electron chi connectivity index (χ2n) is 7.56. The first-order valence-corrected chi connectivity index (χ1v) is 9.83. The number of hydrogen-bond donors (Lipinski definition) is 2. The van der Waals surface area contributed by atoms with Crippen LogP contribution >= 0.6 is 0 Å². The molecule has 0 spiro atoms. The van der Waals surface area contributed by atoms with E-state index in [4.69, 9.17) is 4.74 Å². The largest absolute Gasteiger partial charge is 0.456 e. The molecule has 0 aliphatic heterocycles. The molecule has 2 aromatic heterocycles. The van der Waals surface area contributed by atoms with Gasteiger partial charge in [-0.1, -0.05) is 30.3 Å². The molecule has 0 aliphatic carbocycles. The predicted octanol–water partition coefficient (Wildman–Crippen LogP) is 4.62. The fourth-order valence-electron chi connectivity index (χ4n) is 3.79. The summed E-state index contributed by atoms with van der Waals surface area (Å²) in [7, 11) is 0. The Labute approximate surface area is 175 Å². The number of nitrogens with one attached hydrogen (secondary N) is 2. The van der Waals surface area contributed by atoms with Crippen molar-refractivity contribution in [3.63, 3.8) is 0 Å². The molecule has 0 fully saturated rings. The molecule has 0 saturated heterocycles. The topological polar surface area (TPSA) is 92.0 Å². The number of benzene rings is 1. The minimum atomic E-state index is -0.580. The summed E-state index contributed by atoms with van der Waals surface area (Å²) in [6, 6.07) is 9.36. The maximum atomic E-state index is 12.7. The first-order valence-electron chi connectivity index (χ1n) is 9.83. The van der Waals surface area contributed by atoms with E-state index in [1.54, 1.807) is 6.92 Å². The number of ether oxygens (including phenoxy) is 1. The maximum absolute atomic E-state index is 12.7. The molecule has 0 radical (unpaired) electrons. The normalized spacial score (nSPS) is 10.8. The molecule has 6 heteroatoms. The lowest BCUT2D eigenvalue weighted by molar-refractivity contribution is 0.0463. The van der Waals surface area contributed by atoms with Crippen molar-refractivity contribution in [1.29, 1.82) is 0 Å². The number of H-pyrrole nitrogens is 2. The van der Waals surface area contributed by atoms with E-state index in [0.717, 1.165) is 22.5 Å². The van der Waals surface area contributed by atoms with Crippen molar-refractivity contribution in [3.8, 4) is 0 Å². The van der Waals surface area contributed by atoms with Gasteiger partial charge in [0, 0.05) is 29.1 Å². The molecule has 0 saturated carbocycles. The Hall–Kier alpha value is -3.41. The van der Waals surface area contributed by atoms with Crippen molar-refractivity contribution in [2.45, 2.75) is 47.6 Å². The molecule has 3 rings (SSSR count). The van der Waals surface area contributed by atoms with Crippen LogP contribution in [0.3, 0.4) is 0 Å². The zero-order valence-electron chi connectivity index (χ0n) is 17.9. The van der Waals surface area contributed by atoms with Crippen LogP contribution in [0.4, 0.5) is 0 Å². The van der Waals surface area contributed by atoms with Gasteiger partial charge in [0.2, 0.25) is 0 Å². The summed E-state index contributed by atoms with van der Waals surface area (Å²) in [5.41, 5.74) is 5.99. The molecule has 2 heterocycles. The van der Waals surface area contributed by atoms with Crippen LogP contribution < -0.4 is 0 Å². The van der Waals surface area contributed by atoms with Crippen molar-refractivity contribution >= 4 is 17.5 Å². The molecule has 1 aromatic carbocycles. The van der Waals surface area contributed by atoms with Crippen LogP contribution in [0.1, 0.15) is 78.8 Å². The van der Waals surface area contributed by atoms with Gasteiger partial charge < -0.3 is 14.7 Å². The van der Waals surface area contributed by atoms with Gasteiger partial charge in [0.25, 0.3) is 0 Å². The second kappa shape index (κ2) is 8.53. The van der Waals surface area contributed by atoms with E-state index in [9.17, 15) is 14.4 Å². The van der Waals surface area contributed by atoms with E-state index in [2.05, 4.69) is 9.97 Å². The van der Waals surface area contributed by atoms with E-state index < -0.39 is 5.97 Å². The molecule has 30 heavy (non-hydrogen) atoms. The second-order valence-corrected chi connectivity index (χ2v) is 7.56. The van der Waals surface area contributed by atoms with Gasteiger partial charge in [-0.15, -0.1) is 0 Å². The lowest BCUT2D eigenvalue weighted by Gasteiger charge is -2.05. The highest BCUT2D eigenvalue weighted by Gasteiger charge is 2.25. The zero-order valence-corrected chi connectivity index (χ0v) is 17.9. The van der Waals surface area contributed by atoms with E-state index in [1.165, 1.54) is 13.8 Å². The number of aromatic amines is 2. The number of esters is 1. The SMILES string of the molecule is CC(=O)c1c(Cc2[nH]c(C(=O)OCc3ccccc3)c(C(C)=O)c2C)[nH]c(C)c1C. The molecule has 0 aliphatic rings. The summed E-state index contributed by atoms with van der Waals surface area (Å²) in [6.45, 7) is 8.70. The van der Waals surface area contributed by atoms with Gasteiger partial charge in [0.1, 0.15) is 12.3 Å². The number of hydrogen-bond acceptors (Lipinski definition) is 4. The summed E-state index contributed by atoms with van der Waals surface area (Å²) >= 11 is 0. The Morgan fingerprint density at radius 2 is 1.47 bits per heavy atom. The summed E-state index contributed by atoms with van der Waals surface area (Å²) in [5.74, 6) is -0.818. The highest BCUT2D eigenvalue weighted by atomic mass is 16.5. The summed E-state index contributed by atoms with van der Waals surface area (Å²) in [5, 5.41) is 0. The average molecular weight is 406 g/mol. The van der Waals surface area contributed by atoms with Crippen LogP contribution in [0.15, 0.2) is 30.3 Å². The molecule has 0 bridgehead atoms. The number of aryl methyl sites for hydroxylation is 1. The Kier molecular flexibility index (Phi) is 6.06. The van der Waals surface area contributed by atoms with Crippen LogP contribution in [-0.2, 0) is 17.8 Å². The molecule has 0 atom stereocenters. The molecule has 3 aromatic rings. The van der Waals surface area contributed by atoms with Crippen molar-refractivity contribution in [1.82, 2.24) is 9.97 Å². The molecule has 2 N–H and O–H groups in total. The Bertz CT molecular complexity index is 1120. The van der Waals surface area contributed by atoms with Gasteiger partial charge in [0.15, 0.2) is 11.6 Å². The third-order valence-electron chi connectivity index (χ3n) is 5.41. The van der Waals surface area contributed by atoms with Gasteiger partial charge in [-0.3, -0.25) is 9.59 Å². The van der Waals surface area contributed by atoms with E-state index in [0.29, 0.717) is 28.8 Å². The maximum Gasteiger partial charge on any atom is 0.355 e. The predicted molar refractivity (Wildman–Crippen MR) is 114 cm³/mol. The number of ketones is 2. The summed E-state index contributed by atoms with van der Waals surface area (Å²) in [4.78, 5) is 43.5. The fourth-order valence-corrected chi connectivity index (χ4v) is 3.79. The average Bonchev–Trinajstić information content (AvgIpc) is 3.17. The molecule has 0 amide bonds. The van der Waals surface area contributed by atoms with E-state index >= 15 is 0 Å². The Balaban J connectivity index is 1.93. The third kappa shape index (κ3) is 4.13. The van der Waals surface area contributed by atoms with Crippen LogP contribution in [0.2, 0.25) is 0 Å². The van der Waals surface area contributed by atoms with Crippen molar-refractivity contribution in [2.75, 3.05) is 0 Å². The molecule has 156 valence electrons. The molecule has 0 unspecified atom stereocenters. The van der Waals surface area contributed by atoms with Gasteiger partial charge in [-0.25, -0.2) is 4.79 Å². The summed E-state index contributed by atoms with van der Waals surface area (Å²) in [6.07, 6.45) is 0.377. The number of rotatable bonds is 7. The van der Waals surface area contributed by atoms with E-state index in [1.807, 2.05) is 44.2 Å². The zero-order chi connectivity index (χ0) is 22.0. The van der Waals surface area contributed by atoms with Crippen molar-refractivity contribution in [2.24, 2.45) is 0 Å². The van der Waals surface area contributed by atoms with Crippen molar-refractivity contribution < 1.29 is 19.1 Å². The lowest BCUT2D eigenvalue weighted by atomic mass is 10.0. The number of carbonyl (C=O) groups excluding carboxylic acids is 3. The number of aromatic nitrogens is 2. The number of carbonyl (C=O) groups is 3. The molecular formula is C24H26N2O4. The van der Waals surface area contributed by atoms with Gasteiger partial charge in [-0.2, -0.15) is 0 Å². The van der Waals surface area contributed by atoms with Gasteiger partial charge >= 0.3 is 5.97 Å². The first-order chi connectivity index (χ1) is 14.2. The fraction of sp³-hybridized carbons (Fsp3) is 0.292. The van der Waals surface area contributed by atoms with Crippen LogP contribution in [-0.4, -0.2) is 27.5 Å². The van der Waals surface area contributed by atoms with Crippen LogP contribution in [0.25, 0.3) is 0 Å². The Morgan fingerprint density at radius 3 is 2.07 bits per heavy atom. The monoisotopic (exact) mass is 406 g/mol. The molecule has 6 nitrogen and oxygen atoms in total. The lowest BCUT2D eigenvalue weighted by Crippen LogP contribution is -2.10. The van der Waals surface area contributed by atoms with Crippen LogP contribution in [0, 0.1) is 20.8 Å². The smallest absolute Gasteiger partial charge is 0.355 e. The van der Waals surface area contributed by atoms with Crippen molar-refractivity contribution in [3.05, 3.63) is 80.9 Å². The highest BCUT2D eigenvalue weighted by molar-refractivity contribution is 6.06. The third-order valence-corrected chi connectivity index (χ3v) is 5.41. The van der Waals surface area contributed by atoms with Gasteiger partial charge in [-0.05, 0) is 51.3 Å².